The molecule has 0 radical (unpaired) electrons. The van der Waals surface area contributed by atoms with E-state index in [0.717, 1.165) is 25.8 Å². The fourth-order valence-electron chi connectivity index (χ4n) is 3.40. The Labute approximate surface area is 125 Å². The van der Waals surface area contributed by atoms with Gasteiger partial charge in [-0.25, -0.2) is 8.42 Å². The molecule has 0 amide bonds. The van der Waals surface area contributed by atoms with Crippen molar-refractivity contribution in [1.82, 2.24) is 5.32 Å². The lowest BCUT2D eigenvalue weighted by molar-refractivity contribution is 0.280. The monoisotopic (exact) mass is 303 g/mol. The van der Waals surface area contributed by atoms with Gasteiger partial charge in [-0.1, -0.05) is 40.5 Å². The largest absolute Gasteiger partial charge is 0.313 e. The Kier molecular flexibility index (Phi) is 6.99. The van der Waals surface area contributed by atoms with E-state index in [-0.39, 0.29) is 22.5 Å². The highest BCUT2D eigenvalue weighted by Crippen LogP contribution is 2.34. The number of nitrogens with one attached hydrogen (secondary N) is 1. The zero-order chi connectivity index (χ0) is 15.3. The van der Waals surface area contributed by atoms with Crippen LogP contribution in [0.4, 0.5) is 0 Å². The standard InChI is InChI=1S/C16H33NO2S/c1-6-8-14-9-10-15(17-7-2)16(11-14)20(18,19)13(5)12(3)4/h12-17H,6-11H2,1-5H3. The Morgan fingerprint density at radius 3 is 2.30 bits per heavy atom. The number of hydrogen-bond acceptors (Lipinski definition) is 3. The minimum atomic E-state index is -3.05. The van der Waals surface area contributed by atoms with Crippen LogP contribution < -0.4 is 5.32 Å². The predicted molar refractivity (Wildman–Crippen MR) is 86.7 cm³/mol. The van der Waals surface area contributed by atoms with Gasteiger partial charge in [-0.3, -0.25) is 0 Å². The highest BCUT2D eigenvalue weighted by Gasteiger charge is 2.41. The summed E-state index contributed by atoms with van der Waals surface area (Å²) in [6, 6.07) is 0.152. The van der Waals surface area contributed by atoms with Crippen LogP contribution in [0.3, 0.4) is 0 Å². The number of sulfone groups is 1. The van der Waals surface area contributed by atoms with Crippen LogP contribution in [0, 0.1) is 11.8 Å². The second-order valence-corrected chi connectivity index (χ2v) is 9.24. The maximum Gasteiger partial charge on any atom is 0.157 e. The highest BCUT2D eigenvalue weighted by atomic mass is 32.2. The molecule has 0 aromatic heterocycles. The minimum absolute atomic E-state index is 0.152. The normalized spacial score (nSPS) is 29.6. The summed E-state index contributed by atoms with van der Waals surface area (Å²) in [5, 5.41) is 2.99. The van der Waals surface area contributed by atoms with Gasteiger partial charge in [-0.15, -0.1) is 0 Å². The van der Waals surface area contributed by atoms with Crippen molar-refractivity contribution in [3.05, 3.63) is 0 Å². The third-order valence-corrected chi connectivity index (χ3v) is 7.89. The third kappa shape index (κ3) is 4.20. The Morgan fingerprint density at radius 1 is 1.15 bits per heavy atom. The van der Waals surface area contributed by atoms with Crippen molar-refractivity contribution in [2.45, 2.75) is 83.3 Å². The van der Waals surface area contributed by atoms with E-state index >= 15 is 0 Å². The fraction of sp³-hybridized carbons (Fsp3) is 1.00. The fourth-order valence-corrected chi connectivity index (χ4v) is 5.94. The molecule has 120 valence electrons. The van der Waals surface area contributed by atoms with Crippen molar-refractivity contribution in [2.24, 2.45) is 11.8 Å². The van der Waals surface area contributed by atoms with Crippen LogP contribution in [0.15, 0.2) is 0 Å². The molecule has 4 heteroatoms. The van der Waals surface area contributed by atoms with E-state index in [1.165, 1.54) is 12.8 Å². The van der Waals surface area contributed by atoms with E-state index in [9.17, 15) is 8.42 Å². The molecule has 0 bridgehead atoms. The Hall–Kier alpha value is -0.0900. The van der Waals surface area contributed by atoms with Crippen LogP contribution in [-0.4, -0.2) is 31.5 Å². The maximum absolute atomic E-state index is 12.9. The first-order chi connectivity index (χ1) is 9.34. The molecule has 4 atom stereocenters. The zero-order valence-electron chi connectivity index (χ0n) is 13.9. The lowest BCUT2D eigenvalue weighted by Gasteiger charge is -2.38. The van der Waals surface area contributed by atoms with Crippen molar-refractivity contribution in [3.8, 4) is 0 Å². The molecule has 0 aromatic rings. The third-order valence-electron chi connectivity index (χ3n) is 4.94. The first kappa shape index (κ1) is 18.0. The van der Waals surface area contributed by atoms with Gasteiger partial charge in [-0.05, 0) is 44.6 Å². The SMILES string of the molecule is CCCC1CCC(NCC)C(S(=O)(=O)C(C)C(C)C)C1. The van der Waals surface area contributed by atoms with E-state index < -0.39 is 9.84 Å². The minimum Gasteiger partial charge on any atom is -0.313 e. The molecule has 1 rings (SSSR count). The Morgan fingerprint density at radius 2 is 1.80 bits per heavy atom. The summed E-state index contributed by atoms with van der Waals surface area (Å²) in [6.45, 7) is 11.0. The molecule has 4 unspecified atom stereocenters. The lowest BCUT2D eigenvalue weighted by Crippen LogP contribution is -2.51. The van der Waals surface area contributed by atoms with Crippen molar-refractivity contribution in [1.29, 1.82) is 0 Å². The summed E-state index contributed by atoms with van der Waals surface area (Å²) in [7, 11) is -3.05. The van der Waals surface area contributed by atoms with Gasteiger partial charge in [0.1, 0.15) is 0 Å². The van der Waals surface area contributed by atoms with E-state index in [1.807, 2.05) is 20.8 Å². The van der Waals surface area contributed by atoms with Gasteiger partial charge in [-0.2, -0.15) is 0 Å². The molecular formula is C16H33NO2S. The summed E-state index contributed by atoms with van der Waals surface area (Å²) < 4.78 is 25.8. The van der Waals surface area contributed by atoms with Gasteiger partial charge in [0, 0.05) is 6.04 Å². The van der Waals surface area contributed by atoms with E-state index in [1.54, 1.807) is 0 Å². The quantitative estimate of drug-likeness (QED) is 0.784. The van der Waals surface area contributed by atoms with Crippen LogP contribution in [0.2, 0.25) is 0 Å². The predicted octanol–water partition coefficient (Wildman–Crippen LogP) is 3.39. The Balaban J connectivity index is 2.93. The molecule has 1 fully saturated rings. The molecule has 1 aliphatic carbocycles. The smallest absolute Gasteiger partial charge is 0.157 e. The molecular weight excluding hydrogens is 270 g/mol. The molecule has 20 heavy (non-hydrogen) atoms. The number of rotatable bonds is 7. The van der Waals surface area contributed by atoms with Crippen molar-refractivity contribution in [3.63, 3.8) is 0 Å². The average Bonchev–Trinajstić information content (AvgIpc) is 2.40. The molecule has 1 saturated carbocycles. The second-order valence-electron chi connectivity index (χ2n) is 6.71. The molecule has 0 spiro atoms. The van der Waals surface area contributed by atoms with Gasteiger partial charge in [0.15, 0.2) is 9.84 Å². The van der Waals surface area contributed by atoms with Gasteiger partial charge in [0.2, 0.25) is 0 Å². The summed E-state index contributed by atoms with van der Waals surface area (Å²) in [4.78, 5) is 0. The van der Waals surface area contributed by atoms with Crippen LogP contribution in [0.1, 0.15) is 66.7 Å². The van der Waals surface area contributed by atoms with Crippen LogP contribution in [0.25, 0.3) is 0 Å². The molecule has 0 aliphatic heterocycles. The first-order valence-electron chi connectivity index (χ1n) is 8.30. The molecule has 0 aromatic carbocycles. The van der Waals surface area contributed by atoms with Gasteiger partial charge in [0.05, 0.1) is 10.5 Å². The summed E-state index contributed by atoms with van der Waals surface area (Å²) in [5.41, 5.74) is 0. The van der Waals surface area contributed by atoms with Gasteiger partial charge < -0.3 is 5.32 Å². The summed E-state index contributed by atoms with van der Waals surface area (Å²) in [5.74, 6) is 0.780. The Bertz CT molecular complexity index is 378. The molecule has 0 heterocycles. The van der Waals surface area contributed by atoms with E-state index in [2.05, 4.69) is 19.2 Å². The molecule has 3 nitrogen and oxygen atoms in total. The zero-order valence-corrected chi connectivity index (χ0v) is 14.7. The summed E-state index contributed by atoms with van der Waals surface area (Å²) in [6.07, 6.45) is 5.36. The highest BCUT2D eigenvalue weighted by molar-refractivity contribution is 7.92. The molecule has 0 saturated heterocycles. The molecule has 1 N–H and O–H groups in total. The van der Waals surface area contributed by atoms with Crippen molar-refractivity contribution < 1.29 is 8.42 Å². The van der Waals surface area contributed by atoms with E-state index in [4.69, 9.17) is 0 Å². The van der Waals surface area contributed by atoms with Crippen LogP contribution >= 0.6 is 0 Å². The maximum atomic E-state index is 12.9. The van der Waals surface area contributed by atoms with Gasteiger partial charge in [0.25, 0.3) is 0 Å². The average molecular weight is 304 g/mol. The van der Waals surface area contributed by atoms with Crippen molar-refractivity contribution >= 4 is 9.84 Å². The summed E-state index contributed by atoms with van der Waals surface area (Å²) >= 11 is 0. The first-order valence-corrected chi connectivity index (χ1v) is 9.91. The van der Waals surface area contributed by atoms with Gasteiger partial charge >= 0.3 is 0 Å². The lowest BCUT2D eigenvalue weighted by atomic mass is 9.83. The van der Waals surface area contributed by atoms with E-state index in [0.29, 0.717) is 5.92 Å². The second kappa shape index (κ2) is 7.79. The van der Waals surface area contributed by atoms with Crippen LogP contribution in [-0.2, 0) is 9.84 Å². The molecule has 1 aliphatic rings. The number of hydrogen-bond donors (Lipinski definition) is 1. The topological polar surface area (TPSA) is 46.2 Å². The van der Waals surface area contributed by atoms with Crippen LogP contribution in [0.5, 0.6) is 0 Å². The van der Waals surface area contributed by atoms with Crippen molar-refractivity contribution in [2.75, 3.05) is 6.54 Å².